The predicted octanol–water partition coefficient (Wildman–Crippen LogP) is 0.672. The second kappa shape index (κ2) is 7.64. The second-order valence-electron chi connectivity index (χ2n) is 4.25. The number of nitrogens with zero attached hydrogens (tertiary/aromatic N) is 1. The zero-order valence-corrected chi connectivity index (χ0v) is 12.4. The van der Waals surface area contributed by atoms with Gasteiger partial charge < -0.3 is 15.0 Å². The third-order valence-electron chi connectivity index (χ3n) is 2.89. The summed E-state index contributed by atoms with van der Waals surface area (Å²) < 4.78 is 33.5. The molecule has 0 amide bonds. The fraction of sp³-hybridized carbons (Fsp3) is 0.667. The van der Waals surface area contributed by atoms with Gasteiger partial charge in [0.1, 0.15) is 0 Å². The van der Waals surface area contributed by atoms with Crippen LogP contribution in [0.4, 0.5) is 0 Å². The van der Waals surface area contributed by atoms with E-state index in [1.807, 2.05) is 11.5 Å². The van der Waals surface area contributed by atoms with Gasteiger partial charge in [-0.25, -0.2) is 13.1 Å². The van der Waals surface area contributed by atoms with E-state index in [2.05, 4.69) is 4.72 Å². The van der Waals surface area contributed by atoms with Gasteiger partial charge in [-0.15, -0.1) is 0 Å². The van der Waals surface area contributed by atoms with E-state index in [0.29, 0.717) is 26.2 Å². The average molecular weight is 289 g/mol. The number of methoxy groups -OCH3 is 1. The minimum Gasteiger partial charge on any atom is -0.385 e. The first-order valence-electron chi connectivity index (χ1n) is 6.43. The van der Waals surface area contributed by atoms with Crippen LogP contribution in [0.25, 0.3) is 0 Å². The highest BCUT2D eigenvalue weighted by molar-refractivity contribution is 7.89. The first kappa shape index (κ1) is 16.2. The van der Waals surface area contributed by atoms with E-state index in [9.17, 15) is 8.42 Å². The van der Waals surface area contributed by atoms with Gasteiger partial charge in [-0.2, -0.15) is 0 Å². The van der Waals surface area contributed by atoms with Crippen LogP contribution in [0.15, 0.2) is 17.2 Å². The number of nitrogens with two attached hydrogens (primary N) is 1. The standard InChI is InChI=1S/C12H23N3O3S/c1-3-15-10-12(8-11(15)9-13)19(16,17)14-6-4-5-7-18-2/h8,10,14H,3-7,9,13H2,1-2H3. The van der Waals surface area contributed by atoms with Gasteiger partial charge in [0.15, 0.2) is 0 Å². The molecule has 19 heavy (non-hydrogen) atoms. The van der Waals surface area contributed by atoms with E-state index in [0.717, 1.165) is 18.5 Å². The number of unbranched alkanes of at least 4 members (excludes halogenated alkanes) is 1. The molecule has 0 aromatic carbocycles. The Labute approximate surface area is 115 Å². The number of aryl methyl sites for hydroxylation is 1. The van der Waals surface area contributed by atoms with E-state index in [-0.39, 0.29) is 4.90 Å². The molecule has 0 spiro atoms. The quantitative estimate of drug-likeness (QED) is 0.654. The van der Waals surface area contributed by atoms with Gasteiger partial charge in [-0.05, 0) is 25.8 Å². The molecule has 110 valence electrons. The normalized spacial score (nSPS) is 11.9. The Morgan fingerprint density at radius 3 is 2.68 bits per heavy atom. The summed E-state index contributed by atoms with van der Waals surface area (Å²) in [4.78, 5) is 0.279. The minimum absolute atomic E-state index is 0.279. The monoisotopic (exact) mass is 289 g/mol. The zero-order valence-electron chi connectivity index (χ0n) is 11.6. The van der Waals surface area contributed by atoms with E-state index < -0.39 is 10.0 Å². The summed E-state index contributed by atoms with van der Waals surface area (Å²) in [6.45, 7) is 4.05. The van der Waals surface area contributed by atoms with Crippen LogP contribution in [0.1, 0.15) is 25.5 Å². The second-order valence-corrected chi connectivity index (χ2v) is 6.02. The summed E-state index contributed by atoms with van der Waals surface area (Å²) >= 11 is 0. The molecular weight excluding hydrogens is 266 g/mol. The highest BCUT2D eigenvalue weighted by atomic mass is 32.2. The van der Waals surface area contributed by atoms with Crippen LogP contribution >= 0.6 is 0 Å². The fourth-order valence-corrected chi connectivity index (χ4v) is 2.94. The third-order valence-corrected chi connectivity index (χ3v) is 4.32. The summed E-state index contributed by atoms with van der Waals surface area (Å²) in [7, 11) is -1.81. The molecule has 0 saturated carbocycles. The van der Waals surface area contributed by atoms with E-state index in [1.165, 1.54) is 0 Å². The molecule has 0 aliphatic heterocycles. The van der Waals surface area contributed by atoms with Gasteiger partial charge in [0.2, 0.25) is 10.0 Å². The van der Waals surface area contributed by atoms with Crippen LogP contribution < -0.4 is 10.5 Å². The molecule has 0 saturated heterocycles. The topological polar surface area (TPSA) is 86.3 Å². The Bertz CT molecular complexity index is 461. The molecule has 1 rings (SSSR count). The maximum absolute atomic E-state index is 12.1. The van der Waals surface area contributed by atoms with Crippen molar-refractivity contribution in [1.29, 1.82) is 0 Å². The lowest BCUT2D eigenvalue weighted by Gasteiger charge is -2.04. The number of hydrogen-bond donors (Lipinski definition) is 2. The highest BCUT2D eigenvalue weighted by Gasteiger charge is 2.16. The van der Waals surface area contributed by atoms with Crippen LogP contribution in [0, 0.1) is 0 Å². The molecular formula is C12H23N3O3S. The number of nitrogens with one attached hydrogen (secondary N) is 1. The van der Waals surface area contributed by atoms with E-state index >= 15 is 0 Å². The molecule has 0 unspecified atom stereocenters. The van der Waals surface area contributed by atoms with Crippen molar-refractivity contribution in [2.75, 3.05) is 20.3 Å². The lowest BCUT2D eigenvalue weighted by Crippen LogP contribution is -2.24. The zero-order chi connectivity index (χ0) is 14.3. The lowest BCUT2D eigenvalue weighted by atomic mass is 10.3. The Balaban J connectivity index is 2.64. The molecule has 6 nitrogen and oxygen atoms in total. The fourth-order valence-electron chi connectivity index (χ4n) is 1.80. The Morgan fingerprint density at radius 2 is 2.16 bits per heavy atom. The molecule has 0 fully saturated rings. The Morgan fingerprint density at radius 1 is 1.42 bits per heavy atom. The number of sulfonamides is 1. The summed E-state index contributed by atoms with van der Waals surface area (Å²) in [5, 5.41) is 0. The van der Waals surface area contributed by atoms with Gasteiger partial charge in [-0.1, -0.05) is 0 Å². The summed E-state index contributed by atoms with van der Waals surface area (Å²) in [5.41, 5.74) is 6.41. The van der Waals surface area contributed by atoms with Crippen molar-refractivity contribution in [1.82, 2.24) is 9.29 Å². The summed E-state index contributed by atoms with van der Waals surface area (Å²) in [6.07, 6.45) is 3.22. The first-order valence-corrected chi connectivity index (χ1v) is 7.91. The number of hydrogen-bond acceptors (Lipinski definition) is 4. The lowest BCUT2D eigenvalue weighted by molar-refractivity contribution is 0.193. The molecule has 1 heterocycles. The van der Waals surface area contributed by atoms with Crippen LogP contribution in [0.2, 0.25) is 0 Å². The van der Waals surface area contributed by atoms with Gasteiger partial charge in [0.05, 0.1) is 4.90 Å². The molecule has 0 radical (unpaired) electrons. The predicted molar refractivity (Wildman–Crippen MR) is 74.3 cm³/mol. The maximum atomic E-state index is 12.1. The third kappa shape index (κ3) is 4.61. The van der Waals surface area contributed by atoms with Crippen molar-refractivity contribution >= 4 is 10.0 Å². The van der Waals surface area contributed by atoms with Gasteiger partial charge in [0, 0.05) is 45.2 Å². The minimum atomic E-state index is -3.44. The maximum Gasteiger partial charge on any atom is 0.242 e. The van der Waals surface area contributed by atoms with Gasteiger partial charge in [-0.3, -0.25) is 0 Å². The van der Waals surface area contributed by atoms with Gasteiger partial charge >= 0.3 is 0 Å². The summed E-state index contributed by atoms with van der Waals surface area (Å²) in [6, 6.07) is 1.63. The smallest absolute Gasteiger partial charge is 0.242 e. The summed E-state index contributed by atoms with van der Waals surface area (Å²) in [5.74, 6) is 0. The molecule has 1 aromatic heterocycles. The van der Waals surface area contributed by atoms with Crippen molar-refractivity contribution < 1.29 is 13.2 Å². The van der Waals surface area contributed by atoms with Gasteiger partial charge in [0.25, 0.3) is 0 Å². The Hall–Kier alpha value is -0.890. The molecule has 7 heteroatoms. The first-order chi connectivity index (χ1) is 9.05. The number of rotatable bonds is 9. The SMILES string of the molecule is CCn1cc(S(=O)(=O)NCCCCOC)cc1CN. The van der Waals surface area contributed by atoms with Crippen LogP contribution in [-0.4, -0.2) is 33.2 Å². The molecule has 0 atom stereocenters. The number of ether oxygens (including phenoxy) is 1. The molecule has 0 aliphatic rings. The van der Waals surface area contributed by atoms with Crippen LogP contribution in [-0.2, 0) is 27.8 Å². The molecule has 0 aliphatic carbocycles. The van der Waals surface area contributed by atoms with E-state index in [4.69, 9.17) is 10.5 Å². The van der Waals surface area contributed by atoms with Crippen molar-refractivity contribution in [3.05, 3.63) is 18.0 Å². The van der Waals surface area contributed by atoms with Crippen molar-refractivity contribution in [3.8, 4) is 0 Å². The van der Waals surface area contributed by atoms with E-state index in [1.54, 1.807) is 19.4 Å². The highest BCUT2D eigenvalue weighted by Crippen LogP contribution is 2.14. The van der Waals surface area contributed by atoms with Crippen molar-refractivity contribution in [3.63, 3.8) is 0 Å². The molecule has 0 bridgehead atoms. The number of aromatic nitrogens is 1. The van der Waals surface area contributed by atoms with Crippen LogP contribution in [0.5, 0.6) is 0 Å². The molecule has 1 aromatic rings. The van der Waals surface area contributed by atoms with Crippen LogP contribution in [0.3, 0.4) is 0 Å². The Kier molecular flexibility index (Phi) is 6.50. The molecule has 3 N–H and O–H groups in total. The van der Waals surface area contributed by atoms with Crippen molar-refractivity contribution in [2.24, 2.45) is 5.73 Å². The van der Waals surface area contributed by atoms with Crippen molar-refractivity contribution in [2.45, 2.75) is 37.8 Å². The largest absolute Gasteiger partial charge is 0.385 e. The average Bonchev–Trinajstić information content (AvgIpc) is 2.82.